The molecule has 6 rings (SSSR count). The number of nitrogens with two attached hydrogens (primary N) is 1. The fraction of sp³-hybridized carbons (Fsp3) is 0.545. The molecule has 4 fully saturated rings. The maximum absolute atomic E-state index is 6.50. The molecule has 25 heavy (non-hydrogen) atoms. The van der Waals surface area contributed by atoms with Crippen LogP contribution in [0.15, 0.2) is 34.5 Å². The first kappa shape index (κ1) is 16.3. The van der Waals surface area contributed by atoms with Crippen LogP contribution in [0.1, 0.15) is 37.7 Å². The highest BCUT2D eigenvalue weighted by Gasteiger charge is 2.48. The zero-order valence-corrected chi connectivity index (χ0v) is 16.5. The molecule has 2 N–H and O–H groups in total. The molecule has 4 aliphatic carbocycles. The highest BCUT2D eigenvalue weighted by molar-refractivity contribution is 8.00. The highest BCUT2D eigenvalue weighted by Crippen LogP contribution is 2.58. The van der Waals surface area contributed by atoms with E-state index < -0.39 is 0 Å². The number of rotatable bonds is 4. The summed E-state index contributed by atoms with van der Waals surface area (Å²) in [5, 5.41) is 1.01. The second kappa shape index (κ2) is 6.35. The molecule has 0 unspecified atom stereocenters. The first-order valence-corrected chi connectivity index (χ1v) is 11.8. The van der Waals surface area contributed by atoms with Crippen molar-refractivity contribution in [3.05, 3.63) is 35.9 Å². The highest BCUT2D eigenvalue weighted by atomic mass is 32.2. The number of nitrogen functional groups attached to an aromatic ring is 1. The van der Waals surface area contributed by atoms with Crippen LogP contribution in [0.2, 0.25) is 0 Å². The molecule has 3 heteroatoms. The third kappa shape index (κ3) is 2.75. The van der Waals surface area contributed by atoms with E-state index in [0.29, 0.717) is 0 Å². The normalized spacial score (nSPS) is 33.1. The van der Waals surface area contributed by atoms with Gasteiger partial charge in [0, 0.05) is 5.56 Å². The summed E-state index contributed by atoms with van der Waals surface area (Å²) in [6.45, 7) is 0. The van der Waals surface area contributed by atoms with Gasteiger partial charge in [-0.2, -0.15) is 0 Å². The van der Waals surface area contributed by atoms with E-state index in [1.807, 2.05) is 11.8 Å². The largest absolute Gasteiger partial charge is 0.390 e. The van der Waals surface area contributed by atoms with Crippen LogP contribution in [-0.2, 0) is 6.42 Å². The Labute approximate surface area is 159 Å². The van der Waals surface area contributed by atoms with Crippen LogP contribution in [-0.4, -0.2) is 6.26 Å². The molecule has 1 nitrogen and oxygen atoms in total. The van der Waals surface area contributed by atoms with Crippen LogP contribution in [0.3, 0.4) is 0 Å². The van der Waals surface area contributed by atoms with Crippen molar-refractivity contribution >= 4 is 28.1 Å². The van der Waals surface area contributed by atoms with Crippen LogP contribution >= 0.6 is 23.1 Å². The van der Waals surface area contributed by atoms with Gasteiger partial charge < -0.3 is 5.73 Å². The van der Waals surface area contributed by atoms with Crippen LogP contribution < -0.4 is 5.73 Å². The topological polar surface area (TPSA) is 26.0 Å². The summed E-state index contributed by atoms with van der Waals surface area (Å²) in [5.74, 6) is 4.97. The van der Waals surface area contributed by atoms with Gasteiger partial charge in [0.1, 0.15) is 0 Å². The molecule has 0 aliphatic heterocycles. The van der Waals surface area contributed by atoms with Gasteiger partial charge in [-0.05, 0) is 85.5 Å². The zero-order valence-electron chi connectivity index (χ0n) is 14.9. The molecule has 0 radical (unpaired) electrons. The summed E-state index contributed by atoms with van der Waals surface area (Å²) in [6, 6.07) is 10.8. The standard InChI is InChI=1S/C22H27NS2/c1-24-22-19(20(21(23)25-22)15-5-3-2-4-6-15)12-18-16-8-13-7-14(10-16)11-17(18)9-13/h2-6,13-14,16-18H,7-12,23H2,1H3. The van der Waals surface area contributed by atoms with E-state index in [2.05, 4.69) is 36.6 Å². The SMILES string of the molecule is CSc1sc(N)c(-c2ccccc2)c1CC1C2CC3CC(C2)CC1C3. The Morgan fingerprint density at radius 1 is 1.00 bits per heavy atom. The monoisotopic (exact) mass is 369 g/mol. The Morgan fingerprint density at radius 2 is 1.64 bits per heavy atom. The van der Waals surface area contributed by atoms with Crippen molar-refractivity contribution in [2.75, 3.05) is 12.0 Å². The smallest absolute Gasteiger partial charge is 0.0950 e. The molecular weight excluding hydrogens is 342 g/mol. The zero-order chi connectivity index (χ0) is 17.0. The maximum atomic E-state index is 6.50. The predicted molar refractivity (Wildman–Crippen MR) is 110 cm³/mol. The van der Waals surface area contributed by atoms with Crippen molar-refractivity contribution in [2.24, 2.45) is 29.6 Å². The Kier molecular flexibility index (Phi) is 4.13. The first-order valence-electron chi connectivity index (χ1n) is 9.73. The Hall–Kier alpha value is -0.930. The molecule has 132 valence electrons. The van der Waals surface area contributed by atoms with E-state index >= 15 is 0 Å². The number of thiophene rings is 1. The summed E-state index contributed by atoms with van der Waals surface area (Å²) in [4.78, 5) is 0. The number of hydrogen-bond acceptors (Lipinski definition) is 3. The van der Waals surface area contributed by atoms with Crippen LogP contribution in [0.25, 0.3) is 11.1 Å². The Bertz CT molecular complexity index is 736. The lowest BCUT2D eigenvalue weighted by atomic mass is 9.51. The van der Waals surface area contributed by atoms with Crippen molar-refractivity contribution in [3.63, 3.8) is 0 Å². The van der Waals surface area contributed by atoms with E-state index in [1.165, 1.54) is 53.9 Å². The summed E-state index contributed by atoms with van der Waals surface area (Å²) in [7, 11) is 0. The first-order chi connectivity index (χ1) is 12.2. The van der Waals surface area contributed by atoms with Crippen LogP contribution in [0.5, 0.6) is 0 Å². The fourth-order valence-electron chi connectivity index (χ4n) is 6.34. The van der Waals surface area contributed by atoms with Gasteiger partial charge in [-0.25, -0.2) is 0 Å². The molecule has 4 saturated carbocycles. The molecule has 4 bridgehead atoms. The van der Waals surface area contributed by atoms with E-state index in [-0.39, 0.29) is 0 Å². The van der Waals surface area contributed by atoms with Crippen LogP contribution in [0, 0.1) is 29.6 Å². The van der Waals surface area contributed by atoms with Crippen molar-refractivity contribution in [1.29, 1.82) is 0 Å². The van der Waals surface area contributed by atoms with E-state index in [0.717, 1.165) is 34.6 Å². The maximum Gasteiger partial charge on any atom is 0.0950 e. The molecular formula is C22H27NS2. The average Bonchev–Trinajstić information content (AvgIpc) is 2.93. The van der Waals surface area contributed by atoms with Crippen molar-refractivity contribution in [2.45, 2.75) is 42.7 Å². The summed E-state index contributed by atoms with van der Waals surface area (Å²) >= 11 is 3.69. The summed E-state index contributed by atoms with van der Waals surface area (Å²) in [5.41, 5.74) is 10.7. The van der Waals surface area contributed by atoms with Gasteiger partial charge in [-0.3, -0.25) is 0 Å². The van der Waals surface area contributed by atoms with Gasteiger partial charge in [0.15, 0.2) is 0 Å². The molecule has 0 amide bonds. The molecule has 2 aromatic rings. The lowest BCUT2D eigenvalue weighted by Gasteiger charge is -2.54. The van der Waals surface area contributed by atoms with Crippen molar-refractivity contribution in [3.8, 4) is 11.1 Å². The van der Waals surface area contributed by atoms with Gasteiger partial charge in [-0.15, -0.1) is 23.1 Å². The fourth-order valence-corrected chi connectivity index (χ4v) is 8.23. The minimum absolute atomic E-state index is 0.898. The van der Waals surface area contributed by atoms with E-state index in [9.17, 15) is 0 Å². The van der Waals surface area contributed by atoms with Gasteiger partial charge in [-0.1, -0.05) is 30.3 Å². The second-order valence-corrected chi connectivity index (χ2v) is 10.6. The van der Waals surface area contributed by atoms with Gasteiger partial charge in [0.25, 0.3) is 0 Å². The lowest BCUT2D eigenvalue weighted by Crippen LogP contribution is -2.45. The molecule has 1 heterocycles. The van der Waals surface area contributed by atoms with E-state index in [4.69, 9.17) is 5.73 Å². The molecule has 4 aliphatic rings. The Morgan fingerprint density at radius 3 is 2.24 bits per heavy atom. The number of anilines is 1. The number of benzene rings is 1. The number of hydrogen-bond donors (Lipinski definition) is 1. The minimum atomic E-state index is 0.898. The summed E-state index contributed by atoms with van der Waals surface area (Å²) in [6.07, 6.45) is 11.0. The second-order valence-electron chi connectivity index (χ2n) is 8.48. The summed E-state index contributed by atoms with van der Waals surface area (Å²) < 4.78 is 1.45. The molecule has 0 saturated heterocycles. The van der Waals surface area contributed by atoms with E-state index in [1.54, 1.807) is 16.9 Å². The minimum Gasteiger partial charge on any atom is -0.390 e. The lowest BCUT2D eigenvalue weighted by molar-refractivity contribution is -0.0361. The predicted octanol–water partition coefficient (Wildman–Crippen LogP) is 6.33. The van der Waals surface area contributed by atoms with Crippen LogP contribution in [0.4, 0.5) is 5.00 Å². The van der Waals surface area contributed by atoms with Gasteiger partial charge in [0.05, 0.1) is 9.21 Å². The van der Waals surface area contributed by atoms with Crippen molar-refractivity contribution < 1.29 is 0 Å². The van der Waals surface area contributed by atoms with Gasteiger partial charge >= 0.3 is 0 Å². The molecule has 1 aromatic carbocycles. The average molecular weight is 370 g/mol. The molecule has 0 atom stereocenters. The quantitative estimate of drug-likeness (QED) is 0.637. The van der Waals surface area contributed by atoms with Gasteiger partial charge in [0.2, 0.25) is 0 Å². The molecule has 0 spiro atoms. The molecule has 1 aromatic heterocycles. The third-order valence-corrected chi connectivity index (χ3v) is 9.33. The number of thioether (sulfide) groups is 1. The van der Waals surface area contributed by atoms with Crippen molar-refractivity contribution in [1.82, 2.24) is 0 Å². The Balaban J connectivity index is 1.51. The third-order valence-electron chi connectivity index (χ3n) is 7.11.